The third-order valence-corrected chi connectivity index (χ3v) is 6.22. The van der Waals surface area contributed by atoms with E-state index in [1.807, 2.05) is 19.1 Å². The number of benzene rings is 2. The smallest absolute Gasteiger partial charge is 0.287 e. The van der Waals surface area contributed by atoms with E-state index in [0.717, 1.165) is 36.1 Å². The van der Waals surface area contributed by atoms with Crippen LogP contribution in [0.5, 0.6) is 0 Å². The number of para-hydroxylation sites is 1. The van der Waals surface area contributed by atoms with Crippen molar-refractivity contribution in [3.63, 3.8) is 0 Å². The topological polar surface area (TPSA) is 91.7 Å². The number of furan rings is 1. The Morgan fingerprint density at radius 1 is 1.03 bits per heavy atom. The Labute approximate surface area is 203 Å². The van der Waals surface area contributed by atoms with Gasteiger partial charge in [-0.05, 0) is 55.2 Å². The molecule has 0 aliphatic heterocycles. The van der Waals surface area contributed by atoms with Crippen molar-refractivity contribution in [3.8, 4) is 0 Å². The maximum Gasteiger partial charge on any atom is 0.287 e. The number of amides is 3. The minimum absolute atomic E-state index is 0.00486. The number of hydrogen-bond donors (Lipinski definition) is 2. The van der Waals surface area contributed by atoms with Gasteiger partial charge in [0.15, 0.2) is 5.76 Å². The summed E-state index contributed by atoms with van der Waals surface area (Å²) >= 11 is 0. The summed E-state index contributed by atoms with van der Waals surface area (Å²) in [6, 6.07) is 14.9. The summed E-state index contributed by atoms with van der Waals surface area (Å²) in [5.41, 5.74) is 1.32. The average molecular weight is 478 g/mol. The molecule has 7 nitrogen and oxygen atoms in total. The number of rotatable bonds is 8. The van der Waals surface area contributed by atoms with Gasteiger partial charge in [0.25, 0.3) is 5.91 Å². The van der Waals surface area contributed by atoms with Crippen LogP contribution in [0.3, 0.4) is 0 Å². The van der Waals surface area contributed by atoms with Crippen molar-refractivity contribution in [3.05, 3.63) is 89.6 Å². The van der Waals surface area contributed by atoms with E-state index in [-0.39, 0.29) is 23.4 Å². The van der Waals surface area contributed by atoms with Crippen LogP contribution in [0.4, 0.5) is 10.1 Å². The second kappa shape index (κ2) is 11.0. The Bertz CT molecular complexity index is 1190. The lowest BCUT2D eigenvalue weighted by Gasteiger charge is -2.33. The number of aryl methyl sites for hydroxylation is 1. The Morgan fingerprint density at radius 2 is 1.74 bits per heavy atom. The molecule has 0 radical (unpaired) electrons. The third kappa shape index (κ3) is 5.59. The summed E-state index contributed by atoms with van der Waals surface area (Å²) in [6.45, 7) is 1.39. The lowest BCUT2D eigenvalue weighted by Crippen LogP contribution is -2.49. The average Bonchev–Trinajstić information content (AvgIpc) is 3.57. The molecule has 3 amide bonds. The van der Waals surface area contributed by atoms with Crippen molar-refractivity contribution in [2.75, 3.05) is 11.4 Å². The van der Waals surface area contributed by atoms with Crippen molar-refractivity contribution in [1.29, 1.82) is 0 Å². The molecular formula is C27H28FN3O4. The Morgan fingerprint density at radius 3 is 2.43 bits per heavy atom. The summed E-state index contributed by atoms with van der Waals surface area (Å²) in [5.74, 6) is -2.21. The van der Waals surface area contributed by atoms with Gasteiger partial charge in [0, 0.05) is 6.04 Å². The van der Waals surface area contributed by atoms with Crippen LogP contribution in [-0.4, -0.2) is 30.3 Å². The van der Waals surface area contributed by atoms with E-state index in [1.54, 1.807) is 24.3 Å². The molecule has 2 aromatic carbocycles. The number of nitrogens with one attached hydrogen (secondary N) is 2. The molecule has 1 aromatic heterocycles. The first-order chi connectivity index (χ1) is 17.0. The molecule has 1 saturated carbocycles. The standard InChI is InChI=1S/C27H28FN3O4/c1-18-9-2-5-12-20(18)25(27(34)30-19-10-3-4-11-19)31(22-14-7-6-13-21(22)28)24(32)17-29-26(33)23-15-8-16-35-23/h2,5-9,12-16,19,25H,3-4,10-11,17H2,1H3,(H,29,33)(H,30,34). The van der Waals surface area contributed by atoms with Gasteiger partial charge in [-0.1, -0.05) is 49.2 Å². The summed E-state index contributed by atoms with van der Waals surface area (Å²) in [5, 5.41) is 5.57. The van der Waals surface area contributed by atoms with E-state index in [9.17, 15) is 14.4 Å². The second-order valence-corrected chi connectivity index (χ2v) is 8.62. The summed E-state index contributed by atoms with van der Waals surface area (Å²) < 4.78 is 20.1. The maximum atomic E-state index is 15.0. The molecule has 1 unspecified atom stereocenters. The molecule has 182 valence electrons. The first kappa shape index (κ1) is 24.2. The van der Waals surface area contributed by atoms with Crippen LogP contribution in [0.2, 0.25) is 0 Å². The highest BCUT2D eigenvalue weighted by atomic mass is 19.1. The van der Waals surface area contributed by atoms with E-state index < -0.39 is 30.2 Å². The van der Waals surface area contributed by atoms with Crippen LogP contribution in [-0.2, 0) is 9.59 Å². The molecule has 1 aliphatic rings. The van der Waals surface area contributed by atoms with E-state index in [0.29, 0.717) is 5.56 Å². The molecule has 1 fully saturated rings. The lowest BCUT2D eigenvalue weighted by molar-refractivity contribution is -0.126. The van der Waals surface area contributed by atoms with Crippen LogP contribution < -0.4 is 15.5 Å². The predicted octanol–water partition coefficient (Wildman–Crippen LogP) is 4.29. The minimum atomic E-state index is -1.12. The lowest BCUT2D eigenvalue weighted by atomic mass is 9.97. The Hall–Kier alpha value is -3.94. The number of nitrogens with zero attached hydrogens (tertiary/aromatic N) is 1. The van der Waals surface area contributed by atoms with E-state index in [2.05, 4.69) is 10.6 Å². The van der Waals surface area contributed by atoms with Crippen LogP contribution in [0.25, 0.3) is 0 Å². The Kier molecular flexibility index (Phi) is 7.60. The van der Waals surface area contributed by atoms with Gasteiger partial charge >= 0.3 is 0 Å². The summed E-state index contributed by atoms with van der Waals surface area (Å²) in [4.78, 5) is 40.8. The van der Waals surface area contributed by atoms with Crippen LogP contribution in [0, 0.1) is 12.7 Å². The van der Waals surface area contributed by atoms with Crippen LogP contribution in [0.1, 0.15) is 53.4 Å². The highest BCUT2D eigenvalue weighted by molar-refractivity contribution is 6.04. The normalized spacial score (nSPS) is 14.3. The van der Waals surface area contributed by atoms with Gasteiger partial charge < -0.3 is 15.1 Å². The van der Waals surface area contributed by atoms with Gasteiger partial charge in [-0.15, -0.1) is 0 Å². The number of anilines is 1. The van der Waals surface area contributed by atoms with Crippen LogP contribution >= 0.6 is 0 Å². The highest BCUT2D eigenvalue weighted by Crippen LogP contribution is 2.32. The zero-order chi connectivity index (χ0) is 24.8. The molecular weight excluding hydrogens is 449 g/mol. The van der Waals surface area contributed by atoms with Gasteiger partial charge in [0.2, 0.25) is 11.8 Å². The SMILES string of the molecule is Cc1ccccc1C(C(=O)NC1CCCC1)N(C(=O)CNC(=O)c1ccco1)c1ccccc1F. The third-order valence-electron chi connectivity index (χ3n) is 6.22. The highest BCUT2D eigenvalue weighted by Gasteiger charge is 2.36. The largest absolute Gasteiger partial charge is 0.459 e. The summed E-state index contributed by atoms with van der Waals surface area (Å²) in [6.07, 6.45) is 5.12. The van der Waals surface area contributed by atoms with Gasteiger partial charge in [-0.2, -0.15) is 0 Å². The predicted molar refractivity (Wildman–Crippen MR) is 129 cm³/mol. The molecule has 1 atom stereocenters. The monoisotopic (exact) mass is 477 g/mol. The molecule has 35 heavy (non-hydrogen) atoms. The minimum Gasteiger partial charge on any atom is -0.459 e. The van der Waals surface area contributed by atoms with Crippen molar-refractivity contribution in [2.24, 2.45) is 0 Å². The van der Waals surface area contributed by atoms with Crippen molar-refractivity contribution < 1.29 is 23.2 Å². The molecule has 0 spiro atoms. The van der Waals surface area contributed by atoms with Crippen LogP contribution in [0.15, 0.2) is 71.3 Å². The fourth-order valence-corrected chi connectivity index (χ4v) is 4.44. The zero-order valence-corrected chi connectivity index (χ0v) is 19.5. The number of halogens is 1. The maximum absolute atomic E-state index is 15.0. The molecule has 1 aliphatic carbocycles. The van der Waals surface area contributed by atoms with Gasteiger partial charge in [-0.25, -0.2) is 4.39 Å². The van der Waals surface area contributed by atoms with Gasteiger partial charge in [-0.3, -0.25) is 19.3 Å². The molecule has 3 aromatic rings. The number of hydrogen-bond acceptors (Lipinski definition) is 4. The van der Waals surface area contributed by atoms with Crippen molar-refractivity contribution >= 4 is 23.4 Å². The molecule has 1 heterocycles. The van der Waals surface area contributed by atoms with Gasteiger partial charge in [0.1, 0.15) is 11.9 Å². The molecule has 0 bridgehead atoms. The molecule has 4 rings (SSSR count). The number of carbonyl (C=O) groups is 3. The van der Waals surface area contributed by atoms with Crippen molar-refractivity contribution in [2.45, 2.75) is 44.7 Å². The molecule has 0 saturated heterocycles. The quantitative estimate of drug-likeness (QED) is 0.506. The first-order valence-corrected chi connectivity index (χ1v) is 11.7. The van der Waals surface area contributed by atoms with Gasteiger partial charge in [0.05, 0.1) is 18.5 Å². The second-order valence-electron chi connectivity index (χ2n) is 8.62. The molecule has 2 N–H and O–H groups in total. The fourth-order valence-electron chi connectivity index (χ4n) is 4.44. The van der Waals surface area contributed by atoms with Crippen molar-refractivity contribution in [1.82, 2.24) is 10.6 Å². The first-order valence-electron chi connectivity index (χ1n) is 11.7. The Balaban J connectivity index is 1.71. The summed E-state index contributed by atoms with van der Waals surface area (Å²) in [7, 11) is 0. The van der Waals surface area contributed by atoms with E-state index in [1.165, 1.54) is 30.5 Å². The molecule has 8 heteroatoms. The number of carbonyl (C=O) groups excluding carboxylic acids is 3. The fraction of sp³-hybridized carbons (Fsp3) is 0.296. The van der Waals surface area contributed by atoms with E-state index in [4.69, 9.17) is 4.42 Å². The van der Waals surface area contributed by atoms with E-state index >= 15 is 4.39 Å². The zero-order valence-electron chi connectivity index (χ0n) is 19.5.